The van der Waals surface area contributed by atoms with Crippen LogP contribution in [0.25, 0.3) is 0 Å². The zero-order valence-electron chi connectivity index (χ0n) is 14.6. The van der Waals surface area contributed by atoms with Crippen molar-refractivity contribution < 1.29 is 4.79 Å². The first-order chi connectivity index (χ1) is 12.3. The monoisotopic (exact) mass is 334 g/mol. The minimum atomic E-state index is -0.126. The molecule has 3 fully saturated rings. The number of carbonyl (C=O) groups excluding carboxylic acids is 1. The summed E-state index contributed by atoms with van der Waals surface area (Å²) in [5.41, 5.74) is 1.90. The number of nitrogens with zero attached hydrogens (tertiary/aromatic N) is 1. The molecule has 3 aliphatic rings. The van der Waals surface area contributed by atoms with E-state index in [1.165, 1.54) is 25.9 Å². The number of Topliss-reactive ketones (excluding diaryl/α,β-unsaturated/α-hetero) is 1. The average Bonchev–Trinajstić information content (AvgIpc) is 2.70. The van der Waals surface area contributed by atoms with Crippen LogP contribution >= 0.6 is 0 Å². The number of hydrogen-bond acceptors (Lipinski definition) is 3. The van der Waals surface area contributed by atoms with Crippen LogP contribution in [0.3, 0.4) is 0 Å². The van der Waals surface area contributed by atoms with Crippen molar-refractivity contribution in [3.63, 3.8) is 0 Å². The molecular weight excluding hydrogens is 308 g/mol. The van der Waals surface area contributed by atoms with E-state index in [1.807, 2.05) is 48.5 Å². The van der Waals surface area contributed by atoms with Gasteiger partial charge in [-0.3, -0.25) is 4.79 Å². The molecule has 3 heterocycles. The Hall–Kier alpha value is -1.97. The van der Waals surface area contributed by atoms with Gasteiger partial charge in [0.15, 0.2) is 5.78 Å². The maximum absolute atomic E-state index is 13.1. The fraction of sp³-hybridized carbons (Fsp3) is 0.409. The number of fused-ring (bicyclic) bond motifs is 3. The number of carbonyl (C=O) groups is 1. The summed E-state index contributed by atoms with van der Waals surface area (Å²) >= 11 is 0. The lowest BCUT2D eigenvalue weighted by Gasteiger charge is -2.45. The van der Waals surface area contributed by atoms with E-state index in [0.717, 1.165) is 23.6 Å². The first-order valence-electron chi connectivity index (χ1n) is 9.41. The Bertz CT molecular complexity index is 692. The van der Waals surface area contributed by atoms with E-state index < -0.39 is 0 Å². The van der Waals surface area contributed by atoms with Gasteiger partial charge in [-0.15, -0.1) is 0 Å². The lowest BCUT2D eigenvalue weighted by molar-refractivity contribution is 0.0708. The van der Waals surface area contributed by atoms with Gasteiger partial charge in [0.2, 0.25) is 0 Å². The van der Waals surface area contributed by atoms with Gasteiger partial charge >= 0.3 is 0 Å². The first-order valence-corrected chi connectivity index (χ1v) is 9.41. The van der Waals surface area contributed by atoms with Crippen LogP contribution in [-0.4, -0.2) is 42.9 Å². The van der Waals surface area contributed by atoms with Crippen LogP contribution in [0.1, 0.15) is 34.7 Å². The molecule has 2 aromatic carbocycles. The molecule has 25 heavy (non-hydrogen) atoms. The normalized spacial score (nSPS) is 26.3. The highest BCUT2D eigenvalue weighted by molar-refractivity contribution is 6.01. The summed E-state index contributed by atoms with van der Waals surface area (Å²) in [7, 11) is 0. The second-order valence-corrected chi connectivity index (χ2v) is 7.35. The Balaban J connectivity index is 1.51. The standard InChI is InChI=1S/C22H26N2O/c25-22(19-9-5-2-6-10-19)20(17-7-3-1-4-8-17)15-23-21-16-24-13-11-18(21)12-14-24/h1-10,18,20-21,23H,11-16H2. The molecule has 0 radical (unpaired) electrons. The average molecular weight is 334 g/mol. The van der Waals surface area contributed by atoms with Crippen molar-refractivity contribution >= 4 is 5.78 Å². The molecule has 2 unspecified atom stereocenters. The summed E-state index contributed by atoms with van der Waals surface area (Å²) in [5, 5.41) is 3.74. The zero-order valence-corrected chi connectivity index (χ0v) is 14.6. The Morgan fingerprint density at radius 1 is 1.00 bits per heavy atom. The molecular formula is C22H26N2O. The maximum atomic E-state index is 13.1. The quantitative estimate of drug-likeness (QED) is 0.823. The van der Waals surface area contributed by atoms with E-state index in [4.69, 9.17) is 0 Å². The second kappa shape index (κ2) is 7.51. The van der Waals surface area contributed by atoms with Crippen LogP contribution in [0.2, 0.25) is 0 Å². The highest BCUT2D eigenvalue weighted by Gasteiger charge is 2.34. The number of hydrogen-bond donors (Lipinski definition) is 1. The topological polar surface area (TPSA) is 32.3 Å². The Labute approximate surface area is 150 Å². The molecule has 5 rings (SSSR count). The summed E-state index contributed by atoms with van der Waals surface area (Å²) in [4.78, 5) is 15.7. The molecule has 130 valence electrons. The number of rotatable bonds is 6. The minimum Gasteiger partial charge on any atom is -0.311 e. The molecule has 1 N–H and O–H groups in total. The molecule has 2 aromatic rings. The SMILES string of the molecule is O=C(c1ccccc1)C(CNC1CN2CCC1CC2)c1ccccc1. The Morgan fingerprint density at radius 2 is 1.64 bits per heavy atom. The fourth-order valence-corrected chi connectivity index (χ4v) is 4.32. The van der Waals surface area contributed by atoms with E-state index in [0.29, 0.717) is 12.6 Å². The van der Waals surface area contributed by atoms with Gasteiger partial charge in [0.25, 0.3) is 0 Å². The maximum Gasteiger partial charge on any atom is 0.171 e. The van der Waals surface area contributed by atoms with Crippen molar-refractivity contribution in [1.29, 1.82) is 0 Å². The zero-order chi connectivity index (χ0) is 17.1. The molecule has 2 atom stereocenters. The van der Waals surface area contributed by atoms with Crippen LogP contribution in [0.4, 0.5) is 0 Å². The van der Waals surface area contributed by atoms with Gasteiger partial charge in [-0.25, -0.2) is 0 Å². The molecule has 2 bridgehead atoms. The van der Waals surface area contributed by atoms with Gasteiger partial charge in [-0.05, 0) is 37.4 Å². The number of ketones is 1. The van der Waals surface area contributed by atoms with E-state index >= 15 is 0 Å². The second-order valence-electron chi connectivity index (χ2n) is 7.35. The van der Waals surface area contributed by atoms with Crippen molar-refractivity contribution in [3.8, 4) is 0 Å². The van der Waals surface area contributed by atoms with Crippen molar-refractivity contribution in [2.24, 2.45) is 5.92 Å². The Morgan fingerprint density at radius 3 is 2.24 bits per heavy atom. The molecule has 0 amide bonds. The lowest BCUT2D eigenvalue weighted by Crippen LogP contribution is -2.56. The summed E-state index contributed by atoms with van der Waals surface area (Å²) in [6, 6.07) is 20.4. The minimum absolute atomic E-state index is 0.126. The van der Waals surface area contributed by atoms with Gasteiger partial charge in [-0.1, -0.05) is 60.7 Å². The summed E-state index contributed by atoms with van der Waals surface area (Å²) in [6.45, 7) is 4.33. The van der Waals surface area contributed by atoms with E-state index in [-0.39, 0.29) is 11.7 Å². The highest BCUT2D eigenvalue weighted by atomic mass is 16.1. The van der Waals surface area contributed by atoms with E-state index in [1.54, 1.807) is 0 Å². The molecule has 3 heteroatoms. The summed E-state index contributed by atoms with van der Waals surface area (Å²) in [6.07, 6.45) is 2.58. The highest BCUT2D eigenvalue weighted by Crippen LogP contribution is 2.28. The molecule has 0 aromatic heterocycles. The van der Waals surface area contributed by atoms with Gasteiger partial charge in [0, 0.05) is 24.7 Å². The van der Waals surface area contributed by atoms with Crippen molar-refractivity contribution in [1.82, 2.24) is 10.2 Å². The predicted octanol–water partition coefficient (Wildman–Crippen LogP) is 3.34. The van der Waals surface area contributed by atoms with Crippen LogP contribution in [0, 0.1) is 5.92 Å². The summed E-state index contributed by atoms with van der Waals surface area (Å²) in [5.74, 6) is 0.855. The smallest absolute Gasteiger partial charge is 0.171 e. The third kappa shape index (κ3) is 3.68. The number of nitrogens with one attached hydrogen (secondary N) is 1. The molecule has 3 aliphatic heterocycles. The summed E-state index contributed by atoms with van der Waals surface area (Å²) < 4.78 is 0. The lowest BCUT2D eigenvalue weighted by atomic mass is 9.83. The number of benzene rings is 2. The van der Waals surface area contributed by atoms with Gasteiger partial charge in [0.05, 0.1) is 5.92 Å². The van der Waals surface area contributed by atoms with Gasteiger partial charge < -0.3 is 10.2 Å². The van der Waals surface area contributed by atoms with Crippen molar-refractivity contribution in [2.75, 3.05) is 26.2 Å². The van der Waals surface area contributed by atoms with Crippen LogP contribution in [0.15, 0.2) is 60.7 Å². The van der Waals surface area contributed by atoms with Crippen LogP contribution < -0.4 is 5.32 Å². The third-order valence-corrected chi connectivity index (χ3v) is 5.82. The third-order valence-electron chi connectivity index (χ3n) is 5.82. The number of piperidine rings is 3. The van der Waals surface area contributed by atoms with Crippen LogP contribution in [-0.2, 0) is 0 Å². The fourth-order valence-electron chi connectivity index (χ4n) is 4.32. The van der Waals surface area contributed by atoms with Crippen molar-refractivity contribution in [3.05, 3.63) is 71.8 Å². The predicted molar refractivity (Wildman–Crippen MR) is 101 cm³/mol. The van der Waals surface area contributed by atoms with E-state index in [9.17, 15) is 4.79 Å². The molecule has 3 nitrogen and oxygen atoms in total. The molecule has 0 saturated carbocycles. The molecule has 0 spiro atoms. The van der Waals surface area contributed by atoms with Gasteiger partial charge in [0.1, 0.15) is 0 Å². The molecule has 0 aliphatic carbocycles. The van der Waals surface area contributed by atoms with E-state index in [2.05, 4.69) is 22.3 Å². The first kappa shape index (κ1) is 16.5. The van der Waals surface area contributed by atoms with Crippen LogP contribution in [0.5, 0.6) is 0 Å². The van der Waals surface area contributed by atoms with Crippen molar-refractivity contribution in [2.45, 2.75) is 24.8 Å². The van der Waals surface area contributed by atoms with Gasteiger partial charge in [-0.2, -0.15) is 0 Å². The largest absolute Gasteiger partial charge is 0.311 e. The Kier molecular flexibility index (Phi) is 4.95. The molecule has 3 saturated heterocycles.